The normalized spacial score (nSPS) is 12.2. The number of nitro groups is 1. The van der Waals surface area contributed by atoms with Crippen LogP contribution in [0.15, 0.2) is 16.0 Å². The number of aromatic nitrogens is 1. The molecule has 1 aromatic rings. The molecule has 0 atom stereocenters. The Hall–Kier alpha value is -1.82. The average molecular weight is 323 g/mol. The van der Waals surface area contributed by atoms with E-state index in [-0.39, 0.29) is 6.20 Å². The molecule has 0 spiro atoms. The molecule has 1 rings (SSSR count). The molecule has 1 N–H and O–H groups in total. The van der Waals surface area contributed by atoms with Crippen LogP contribution in [-0.2, 0) is 9.05 Å². The molecule has 8 nitrogen and oxygen atoms in total. The van der Waals surface area contributed by atoms with Crippen molar-refractivity contribution in [1.82, 2.24) is 4.98 Å². The summed E-state index contributed by atoms with van der Waals surface area (Å²) in [6.45, 7) is 0. The summed E-state index contributed by atoms with van der Waals surface area (Å²) in [4.78, 5) is 22.0. The zero-order valence-corrected chi connectivity index (χ0v) is 9.97. The van der Waals surface area contributed by atoms with Gasteiger partial charge in [-0.2, -0.15) is 0 Å². The van der Waals surface area contributed by atoms with Gasteiger partial charge in [0, 0.05) is 16.9 Å². The van der Waals surface area contributed by atoms with Crippen molar-refractivity contribution in [1.29, 1.82) is 0 Å². The van der Waals surface area contributed by atoms with Crippen molar-refractivity contribution in [3.63, 3.8) is 0 Å². The molecular formula is C6H2ClF3N2O6S. The van der Waals surface area contributed by atoms with E-state index in [0.717, 1.165) is 0 Å². The van der Waals surface area contributed by atoms with E-state index < -0.39 is 42.2 Å². The Labute approximate surface area is 106 Å². The zero-order chi connectivity index (χ0) is 15.0. The van der Waals surface area contributed by atoms with Crippen LogP contribution in [0.25, 0.3) is 0 Å². The molecule has 1 aromatic heterocycles. The molecule has 1 heterocycles. The van der Waals surface area contributed by atoms with Crippen LogP contribution in [-0.4, -0.2) is 24.7 Å². The number of aromatic amines is 1. The molecule has 0 fully saturated rings. The van der Waals surface area contributed by atoms with E-state index in [1.165, 1.54) is 0 Å². The lowest BCUT2D eigenvalue weighted by molar-refractivity contribution is -0.389. The average Bonchev–Trinajstić information content (AvgIpc) is 2.16. The molecule has 0 aliphatic carbocycles. The minimum atomic E-state index is -5.28. The van der Waals surface area contributed by atoms with E-state index in [2.05, 4.69) is 4.74 Å². The van der Waals surface area contributed by atoms with Crippen molar-refractivity contribution < 1.29 is 31.2 Å². The van der Waals surface area contributed by atoms with Gasteiger partial charge in [0.15, 0.2) is 5.75 Å². The molecule has 19 heavy (non-hydrogen) atoms. The van der Waals surface area contributed by atoms with Crippen molar-refractivity contribution in [2.24, 2.45) is 0 Å². The largest absolute Gasteiger partial charge is 0.573 e. The van der Waals surface area contributed by atoms with E-state index in [1.54, 1.807) is 4.98 Å². The molecule has 0 radical (unpaired) electrons. The molecule has 0 saturated heterocycles. The van der Waals surface area contributed by atoms with Crippen LogP contribution in [0.4, 0.5) is 18.9 Å². The number of nitrogens with one attached hydrogen (secondary N) is 1. The number of hydrogen-bond donors (Lipinski definition) is 1. The molecule has 0 aliphatic rings. The second-order valence-corrected chi connectivity index (χ2v) is 5.41. The van der Waals surface area contributed by atoms with E-state index in [0.29, 0.717) is 0 Å². The Morgan fingerprint density at radius 1 is 1.42 bits per heavy atom. The number of ether oxygens (including phenoxy) is 1. The second-order valence-electron chi connectivity index (χ2n) is 2.90. The lowest BCUT2D eigenvalue weighted by atomic mass is 10.4. The highest BCUT2D eigenvalue weighted by Gasteiger charge is 2.36. The van der Waals surface area contributed by atoms with Crippen molar-refractivity contribution in [3.05, 3.63) is 26.5 Å². The highest BCUT2D eigenvalue weighted by molar-refractivity contribution is 8.13. The Kier molecular flexibility index (Phi) is 3.77. The quantitative estimate of drug-likeness (QED) is 0.505. The number of pyridine rings is 1. The predicted octanol–water partition coefficient (Wildman–Crippen LogP) is 1.11. The van der Waals surface area contributed by atoms with Crippen LogP contribution in [0, 0.1) is 10.1 Å². The number of H-pyrrole nitrogens is 1. The van der Waals surface area contributed by atoms with E-state index >= 15 is 0 Å². The molecule has 0 saturated carbocycles. The van der Waals surface area contributed by atoms with Gasteiger partial charge in [-0.25, -0.2) is 8.42 Å². The Morgan fingerprint density at radius 2 is 1.95 bits per heavy atom. The summed E-state index contributed by atoms with van der Waals surface area (Å²) in [7, 11) is 0.0765. The molecule has 0 unspecified atom stereocenters. The van der Waals surface area contributed by atoms with Gasteiger partial charge < -0.3 is 9.72 Å². The first-order chi connectivity index (χ1) is 8.43. The maximum atomic E-state index is 11.9. The van der Waals surface area contributed by atoms with Crippen molar-refractivity contribution >= 4 is 25.4 Å². The van der Waals surface area contributed by atoms with Crippen LogP contribution in [0.3, 0.4) is 0 Å². The number of alkyl halides is 3. The van der Waals surface area contributed by atoms with Gasteiger partial charge in [0.1, 0.15) is 0 Å². The molecule has 0 amide bonds. The van der Waals surface area contributed by atoms with Gasteiger partial charge in [0.2, 0.25) is 5.03 Å². The van der Waals surface area contributed by atoms with Gasteiger partial charge in [-0.15, -0.1) is 13.2 Å². The van der Waals surface area contributed by atoms with Crippen LogP contribution < -0.4 is 10.2 Å². The summed E-state index contributed by atoms with van der Waals surface area (Å²) in [6, 6.07) is 0. The molecule has 13 heteroatoms. The summed E-state index contributed by atoms with van der Waals surface area (Å²) >= 11 is 0. The third kappa shape index (κ3) is 3.57. The molecular weight excluding hydrogens is 321 g/mol. The topological polar surface area (TPSA) is 119 Å². The molecule has 0 bridgehead atoms. The van der Waals surface area contributed by atoms with Gasteiger partial charge in [-0.3, -0.25) is 14.9 Å². The predicted molar refractivity (Wildman–Crippen MR) is 53.4 cm³/mol. The van der Waals surface area contributed by atoms with Crippen LogP contribution in [0.2, 0.25) is 0 Å². The van der Waals surface area contributed by atoms with Gasteiger partial charge >= 0.3 is 17.5 Å². The Balaban J connectivity index is 3.59. The van der Waals surface area contributed by atoms with E-state index in [4.69, 9.17) is 10.7 Å². The van der Waals surface area contributed by atoms with Gasteiger partial charge in [0.05, 0.1) is 4.92 Å². The first-order valence-electron chi connectivity index (χ1n) is 4.04. The maximum absolute atomic E-state index is 11.9. The summed E-state index contributed by atoms with van der Waals surface area (Å²) < 4.78 is 60.8. The van der Waals surface area contributed by atoms with Crippen LogP contribution >= 0.6 is 10.7 Å². The third-order valence-electron chi connectivity index (χ3n) is 1.64. The molecule has 0 aromatic carbocycles. The van der Waals surface area contributed by atoms with Gasteiger partial charge in [-0.05, 0) is 0 Å². The lowest BCUT2D eigenvalue weighted by Gasteiger charge is -2.08. The minimum absolute atomic E-state index is 0.206. The standard InChI is InChI=1S/C6H2ClF3N2O6S/c7-19(16,17)5-3(12(14)15)4(13)2(1-11-5)18-6(8,9)10/h1H,(H,11,13). The zero-order valence-electron chi connectivity index (χ0n) is 8.39. The Morgan fingerprint density at radius 3 is 2.32 bits per heavy atom. The van der Waals surface area contributed by atoms with Gasteiger partial charge in [-0.1, -0.05) is 0 Å². The van der Waals surface area contributed by atoms with Crippen molar-refractivity contribution in [2.45, 2.75) is 11.4 Å². The Bertz CT molecular complexity index is 681. The SMILES string of the molecule is O=c1c(OC(F)(F)F)c[nH]c(S(=O)(=O)Cl)c1[N+](=O)[O-]. The number of rotatable bonds is 3. The highest BCUT2D eigenvalue weighted by Crippen LogP contribution is 2.25. The fraction of sp³-hybridized carbons (Fsp3) is 0.167. The fourth-order valence-corrected chi connectivity index (χ4v) is 1.99. The first kappa shape index (κ1) is 15.2. The van der Waals surface area contributed by atoms with E-state index in [9.17, 15) is 36.5 Å². The first-order valence-corrected chi connectivity index (χ1v) is 6.35. The number of hydrogen-bond acceptors (Lipinski definition) is 6. The molecule has 106 valence electrons. The lowest BCUT2D eigenvalue weighted by Crippen LogP contribution is -2.24. The van der Waals surface area contributed by atoms with Crippen molar-refractivity contribution in [3.8, 4) is 5.75 Å². The number of nitrogens with zero attached hydrogens (tertiary/aromatic N) is 1. The highest BCUT2D eigenvalue weighted by atomic mass is 35.7. The maximum Gasteiger partial charge on any atom is 0.573 e. The fourth-order valence-electron chi connectivity index (χ4n) is 1.04. The smallest absolute Gasteiger partial charge is 0.400 e. The summed E-state index contributed by atoms with van der Waals surface area (Å²) in [5.41, 5.74) is -3.54. The minimum Gasteiger partial charge on any atom is -0.400 e. The molecule has 0 aliphatic heterocycles. The summed E-state index contributed by atoms with van der Waals surface area (Å²) in [6.07, 6.45) is -5.07. The van der Waals surface area contributed by atoms with Crippen LogP contribution in [0.1, 0.15) is 0 Å². The number of halogens is 4. The second kappa shape index (κ2) is 4.70. The summed E-state index contributed by atoms with van der Waals surface area (Å²) in [5.74, 6) is -1.48. The monoisotopic (exact) mass is 322 g/mol. The van der Waals surface area contributed by atoms with Crippen molar-refractivity contribution in [2.75, 3.05) is 0 Å². The summed E-state index contributed by atoms with van der Waals surface area (Å²) in [5, 5.41) is 9.20. The van der Waals surface area contributed by atoms with Gasteiger partial charge in [0.25, 0.3) is 9.05 Å². The van der Waals surface area contributed by atoms with Crippen LogP contribution in [0.5, 0.6) is 5.75 Å². The van der Waals surface area contributed by atoms with E-state index in [1.807, 2.05) is 0 Å². The third-order valence-corrected chi connectivity index (χ3v) is 2.90.